The third-order valence-corrected chi connectivity index (χ3v) is 4.23. The molecule has 0 aromatic rings. The van der Waals surface area contributed by atoms with Gasteiger partial charge in [-0.1, -0.05) is 34.1 Å². The number of nitrogens with one attached hydrogen (secondary N) is 1. The van der Waals surface area contributed by atoms with Crippen molar-refractivity contribution in [3.05, 3.63) is 0 Å². The van der Waals surface area contributed by atoms with E-state index in [1.54, 1.807) is 7.11 Å². The number of nitrogens with zero attached hydrogens (tertiary/aromatic N) is 1. The maximum absolute atomic E-state index is 12.6. The Balaban J connectivity index is 2.82. The highest BCUT2D eigenvalue weighted by Gasteiger charge is 2.43. The van der Waals surface area contributed by atoms with E-state index in [4.69, 9.17) is 4.74 Å². The molecule has 1 N–H and O–H groups in total. The number of hydrogen-bond acceptors (Lipinski definition) is 3. The average Bonchev–Trinajstić information content (AvgIpc) is 2.73. The molecule has 4 unspecified atom stereocenters. The predicted octanol–water partition coefficient (Wildman–Crippen LogP) is 2.24. The van der Waals surface area contributed by atoms with E-state index in [1.165, 1.54) is 0 Å². The van der Waals surface area contributed by atoms with Crippen LogP contribution in [0.25, 0.3) is 0 Å². The van der Waals surface area contributed by atoms with E-state index in [2.05, 4.69) is 39.9 Å². The molecule has 1 fully saturated rings. The topological polar surface area (TPSA) is 41.6 Å². The van der Waals surface area contributed by atoms with Crippen molar-refractivity contribution in [3.63, 3.8) is 0 Å². The Morgan fingerprint density at radius 1 is 1.32 bits per heavy atom. The lowest BCUT2D eigenvalue weighted by molar-refractivity contribution is -0.133. The lowest BCUT2D eigenvalue weighted by Gasteiger charge is -2.32. The van der Waals surface area contributed by atoms with Crippen LogP contribution in [-0.4, -0.2) is 42.8 Å². The van der Waals surface area contributed by atoms with Crippen molar-refractivity contribution in [1.82, 2.24) is 10.2 Å². The molecule has 0 radical (unpaired) electrons. The van der Waals surface area contributed by atoms with Crippen molar-refractivity contribution in [2.75, 3.05) is 13.7 Å². The largest absolute Gasteiger partial charge is 0.385 e. The number of carbonyl (C=O) groups is 1. The minimum Gasteiger partial charge on any atom is -0.385 e. The smallest absolute Gasteiger partial charge is 0.241 e. The van der Waals surface area contributed by atoms with Crippen LogP contribution in [0.15, 0.2) is 0 Å². The van der Waals surface area contributed by atoms with Crippen LogP contribution in [0, 0.1) is 11.8 Å². The number of amides is 1. The van der Waals surface area contributed by atoms with Gasteiger partial charge in [-0.05, 0) is 25.2 Å². The van der Waals surface area contributed by atoms with Gasteiger partial charge in [0.25, 0.3) is 0 Å². The Morgan fingerprint density at radius 3 is 2.42 bits per heavy atom. The van der Waals surface area contributed by atoms with Gasteiger partial charge in [0.05, 0.1) is 12.2 Å². The van der Waals surface area contributed by atoms with Gasteiger partial charge in [0, 0.05) is 19.8 Å². The van der Waals surface area contributed by atoms with E-state index >= 15 is 0 Å². The molecule has 0 spiro atoms. The van der Waals surface area contributed by atoms with Gasteiger partial charge in [-0.3, -0.25) is 10.1 Å². The third-order valence-electron chi connectivity index (χ3n) is 4.23. The first-order valence-corrected chi connectivity index (χ1v) is 7.51. The van der Waals surface area contributed by atoms with Gasteiger partial charge < -0.3 is 9.64 Å². The first kappa shape index (κ1) is 16.4. The monoisotopic (exact) mass is 270 g/mol. The summed E-state index contributed by atoms with van der Waals surface area (Å²) in [6.45, 7) is 11.4. The molecule has 112 valence electrons. The maximum Gasteiger partial charge on any atom is 0.241 e. The molecule has 1 amide bonds. The summed E-state index contributed by atoms with van der Waals surface area (Å²) in [5.41, 5.74) is 0. The fourth-order valence-corrected chi connectivity index (χ4v) is 2.71. The van der Waals surface area contributed by atoms with Crippen LogP contribution >= 0.6 is 0 Å². The van der Waals surface area contributed by atoms with Crippen molar-refractivity contribution >= 4 is 5.91 Å². The molecule has 1 saturated heterocycles. The molecule has 0 aliphatic carbocycles. The highest BCUT2D eigenvalue weighted by molar-refractivity contribution is 5.85. The molecule has 1 aliphatic rings. The van der Waals surface area contributed by atoms with Crippen LogP contribution in [0.3, 0.4) is 0 Å². The van der Waals surface area contributed by atoms with E-state index in [1.807, 2.05) is 4.90 Å². The van der Waals surface area contributed by atoms with E-state index < -0.39 is 0 Å². The van der Waals surface area contributed by atoms with Crippen LogP contribution in [0.2, 0.25) is 0 Å². The molecule has 19 heavy (non-hydrogen) atoms. The summed E-state index contributed by atoms with van der Waals surface area (Å²) in [5.74, 6) is 1.06. The number of rotatable bonds is 7. The van der Waals surface area contributed by atoms with Crippen LogP contribution in [0.1, 0.15) is 47.5 Å². The van der Waals surface area contributed by atoms with Crippen molar-refractivity contribution < 1.29 is 9.53 Å². The number of hydrogen-bond donors (Lipinski definition) is 1. The van der Waals surface area contributed by atoms with Crippen LogP contribution in [0.4, 0.5) is 0 Å². The second-order valence-electron chi connectivity index (χ2n) is 6.09. The second-order valence-corrected chi connectivity index (χ2v) is 6.09. The molecule has 1 aliphatic heterocycles. The first-order chi connectivity index (χ1) is 8.93. The number of methoxy groups -OCH3 is 1. The van der Waals surface area contributed by atoms with Crippen LogP contribution in [0.5, 0.6) is 0 Å². The summed E-state index contributed by atoms with van der Waals surface area (Å²) in [6, 6.07) is 0.198. The van der Waals surface area contributed by atoms with E-state index in [9.17, 15) is 4.79 Å². The zero-order valence-corrected chi connectivity index (χ0v) is 13.3. The average molecular weight is 270 g/mol. The Kier molecular flexibility index (Phi) is 6.27. The van der Waals surface area contributed by atoms with Gasteiger partial charge in [0.15, 0.2) is 0 Å². The second kappa shape index (κ2) is 7.25. The molecule has 4 heteroatoms. The van der Waals surface area contributed by atoms with Gasteiger partial charge in [-0.2, -0.15) is 0 Å². The van der Waals surface area contributed by atoms with Crippen molar-refractivity contribution in [2.24, 2.45) is 11.8 Å². The molecular formula is C15H30N2O2. The Morgan fingerprint density at radius 2 is 1.95 bits per heavy atom. The lowest BCUT2D eigenvalue weighted by atomic mass is 9.99. The van der Waals surface area contributed by atoms with Crippen molar-refractivity contribution in [3.8, 4) is 0 Å². The predicted molar refractivity (Wildman–Crippen MR) is 77.8 cm³/mol. The number of carbonyl (C=O) groups excluding carboxylic acids is 1. The van der Waals surface area contributed by atoms with Gasteiger partial charge in [-0.25, -0.2) is 0 Å². The minimum atomic E-state index is -0.0256. The summed E-state index contributed by atoms with van der Waals surface area (Å²) in [7, 11) is 1.71. The molecule has 4 nitrogen and oxygen atoms in total. The van der Waals surface area contributed by atoms with Gasteiger partial charge >= 0.3 is 0 Å². The quantitative estimate of drug-likeness (QED) is 0.771. The van der Waals surface area contributed by atoms with Crippen LogP contribution in [-0.2, 0) is 9.53 Å². The summed E-state index contributed by atoms with van der Waals surface area (Å²) >= 11 is 0. The fourth-order valence-electron chi connectivity index (χ4n) is 2.71. The highest BCUT2D eigenvalue weighted by atomic mass is 16.5. The molecule has 1 rings (SSSR count). The fraction of sp³-hybridized carbons (Fsp3) is 0.933. The minimum absolute atomic E-state index is 0.0256. The summed E-state index contributed by atoms with van der Waals surface area (Å²) < 4.78 is 5.14. The van der Waals surface area contributed by atoms with E-state index in [0.29, 0.717) is 18.4 Å². The molecule has 0 aromatic carbocycles. The van der Waals surface area contributed by atoms with Crippen molar-refractivity contribution in [1.29, 1.82) is 0 Å². The van der Waals surface area contributed by atoms with Gasteiger partial charge in [0.2, 0.25) is 5.91 Å². The number of ether oxygens (including phenoxy) is 1. The Labute approximate surface area is 117 Å². The standard InChI is InChI=1S/C15H30N2O2/c1-7-11(4)13-15(18)17(12(5)8-9-19-6)14(16-13)10(2)3/h10-14,16H,7-9H2,1-6H3. The van der Waals surface area contributed by atoms with E-state index in [0.717, 1.165) is 12.8 Å². The summed E-state index contributed by atoms with van der Waals surface area (Å²) in [6.07, 6.45) is 2.06. The summed E-state index contributed by atoms with van der Waals surface area (Å²) in [5, 5.41) is 3.53. The molecule has 0 saturated carbocycles. The zero-order valence-electron chi connectivity index (χ0n) is 13.3. The van der Waals surface area contributed by atoms with Gasteiger partial charge in [-0.15, -0.1) is 0 Å². The van der Waals surface area contributed by atoms with Gasteiger partial charge in [0.1, 0.15) is 0 Å². The highest BCUT2D eigenvalue weighted by Crippen LogP contribution is 2.26. The molecule has 0 bridgehead atoms. The Bertz CT molecular complexity index is 294. The maximum atomic E-state index is 12.6. The third kappa shape index (κ3) is 3.69. The van der Waals surface area contributed by atoms with E-state index in [-0.39, 0.29) is 24.2 Å². The molecule has 1 heterocycles. The first-order valence-electron chi connectivity index (χ1n) is 7.51. The molecule has 4 atom stereocenters. The van der Waals surface area contributed by atoms with Crippen molar-refractivity contribution in [2.45, 2.75) is 65.7 Å². The SMILES string of the molecule is CCC(C)C1NC(C(C)C)N(C(C)CCOC)C1=O. The molecular weight excluding hydrogens is 240 g/mol. The Hall–Kier alpha value is -0.610. The normalized spacial score (nSPS) is 27.1. The lowest BCUT2D eigenvalue weighted by Crippen LogP contribution is -2.46. The summed E-state index contributed by atoms with van der Waals surface area (Å²) in [4.78, 5) is 14.7. The zero-order chi connectivity index (χ0) is 14.6. The molecule has 0 aromatic heterocycles. The van der Waals surface area contributed by atoms with Crippen LogP contribution < -0.4 is 5.32 Å².